The van der Waals surface area contributed by atoms with E-state index in [2.05, 4.69) is 36.5 Å². The second-order valence-corrected chi connectivity index (χ2v) is 6.93. The molecule has 7 heteroatoms. The second kappa shape index (κ2) is 10.2. The molecule has 0 N–H and O–H groups in total. The monoisotopic (exact) mass is 480 g/mol. The third-order valence-electron chi connectivity index (χ3n) is 3.13. The smallest absolute Gasteiger partial charge is 0.505 e. The predicted octanol–water partition coefficient (Wildman–Crippen LogP) is 6.33. The lowest BCUT2D eigenvalue weighted by atomic mass is 10.1. The molecule has 2 aromatic carbocycles. The Bertz CT molecular complexity index is 830. The van der Waals surface area contributed by atoms with Crippen LogP contribution >= 0.6 is 31.9 Å². The lowest BCUT2D eigenvalue weighted by Crippen LogP contribution is -2.04. The van der Waals surface area contributed by atoms with Crippen LogP contribution in [0.15, 0.2) is 81.5 Å². The van der Waals surface area contributed by atoms with E-state index in [4.69, 9.17) is 0 Å². The van der Waals surface area contributed by atoms with Crippen LogP contribution in [0.25, 0.3) is 12.2 Å². The first-order chi connectivity index (χ1) is 12.4. The molecule has 132 valence electrons. The number of halogens is 4. The molecule has 0 spiro atoms. The van der Waals surface area contributed by atoms with Gasteiger partial charge in [0.25, 0.3) is 0 Å². The molecule has 0 bridgehead atoms. The standard InChI is InChI=1S/C19H13BBr2F2O2/c21-16-7-1-14(2-8-16)5-11-18(25)13-19(26-20(23)24)12-6-15-3-9-17(22)10-4-15/h1-13H/b11-5+,12-6+,19-13-. The molecule has 2 nitrogen and oxygen atoms in total. The summed E-state index contributed by atoms with van der Waals surface area (Å²) < 4.78 is 31.4. The molecule has 0 fully saturated rings. The molecule has 0 heterocycles. The van der Waals surface area contributed by atoms with E-state index in [1.54, 1.807) is 24.3 Å². The maximum atomic E-state index is 12.6. The minimum Gasteiger partial charge on any atom is -0.505 e. The van der Waals surface area contributed by atoms with Gasteiger partial charge in [-0.3, -0.25) is 4.79 Å². The van der Waals surface area contributed by atoms with Crippen LogP contribution in [0.1, 0.15) is 11.1 Å². The van der Waals surface area contributed by atoms with Crippen molar-refractivity contribution in [2.45, 2.75) is 0 Å². The summed E-state index contributed by atoms with van der Waals surface area (Å²) in [5, 5.41) is 0. The van der Waals surface area contributed by atoms with Crippen LogP contribution in [0.2, 0.25) is 0 Å². The van der Waals surface area contributed by atoms with Crippen LogP contribution in [0.5, 0.6) is 0 Å². The zero-order chi connectivity index (χ0) is 18.9. The van der Waals surface area contributed by atoms with Crippen molar-refractivity contribution in [1.29, 1.82) is 0 Å². The van der Waals surface area contributed by atoms with E-state index in [-0.39, 0.29) is 5.76 Å². The van der Waals surface area contributed by atoms with Crippen molar-refractivity contribution in [3.63, 3.8) is 0 Å². The first kappa shape index (κ1) is 20.3. The lowest BCUT2D eigenvalue weighted by Gasteiger charge is -2.02. The highest BCUT2D eigenvalue weighted by Crippen LogP contribution is 2.14. The van der Waals surface area contributed by atoms with Gasteiger partial charge >= 0.3 is 7.47 Å². The molecule has 0 saturated heterocycles. The van der Waals surface area contributed by atoms with Gasteiger partial charge in [-0.2, -0.15) is 0 Å². The Hall–Kier alpha value is -1.99. The van der Waals surface area contributed by atoms with Gasteiger partial charge in [-0.15, -0.1) is 0 Å². The first-order valence-electron chi connectivity index (χ1n) is 7.50. The van der Waals surface area contributed by atoms with Crippen molar-refractivity contribution in [2.75, 3.05) is 0 Å². The zero-order valence-corrected chi connectivity index (χ0v) is 16.6. The van der Waals surface area contributed by atoms with Gasteiger partial charge in [0.2, 0.25) is 0 Å². The molecule has 0 aliphatic carbocycles. The highest BCUT2D eigenvalue weighted by atomic mass is 79.9. The van der Waals surface area contributed by atoms with Crippen LogP contribution in [-0.2, 0) is 9.45 Å². The number of hydrogen-bond donors (Lipinski definition) is 0. The van der Waals surface area contributed by atoms with E-state index in [0.717, 1.165) is 26.1 Å². The van der Waals surface area contributed by atoms with Crippen molar-refractivity contribution in [3.05, 3.63) is 92.6 Å². The number of rotatable bonds is 7. The first-order valence-corrected chi connectivity index (χ1v) is 9.09. The second-order valence-electron chi connectivity index (χ2n) is 5.10. The summed E-state index contributed by atoms with van der Waals surface area (Å²) in [6, 6.07) is 14.6. The fourth-order valence-corrected chi connectivity index (χ4v) is 2.45. The highest BCUT2D eigenvalue weighted by Gasteiger charge is 2.18. The van der Waals surface area contributed by atoms with E-state index in [1.807, 2.05) is 36.4 Å². The van der Waals surface area contributed by atoms with E-state index in [0.29, 0.717) is 0 Å². The van der Waals surface area contributed by atoms with E-state index in [9.17, 15) is 13.4 Å². The van der Waals surface area contributed by atoms with Gasteiger partial charge in [0.05, 0.1) is 0 Å². The molecular formula is C19H13BBr2F2O2. The summed E-state index contributed by atoms with van der Waals surface area (Å²) in [7, 11) is -3.01. The van der Waals surface area contributed by atoms with Crippen molar-refractivity contribution < 1.29 is 18.1 Å². The Kier molecular flexibility index (Phi) is 8.00. The van der Waals surface area contributed by atoms with E-state index < -0.39 is 13.3 Å². The molecule has 0 aromatic heterocycles. The molecular weight excluding hydrogens is 469 g/mol. The van der Waals surface area contributed by atoms with Crippen molar-refractivity contribution in [3.8, 4) is 0 Å². The maximum Gasteiger partial charge on any atom is 0.796 e. The van der Waals surface area contributed by atoms with E-state index >= 15 is 0 Å². The zero-order valence-electron chi connectivity index (χ0n) is 13.4. The average Bonchev–Trinajstić information content (AvgIpc) is 2.60. The van der Waals surface area contributed by atoms with Gasteiger partial charge in [-0.05, 0) is 47.5 Å². The van der Waals surface area contributed by atoms with Crippen LogP contribution in [0.3, 0.4) is 0 Å². The fraction of sp³-hybridized carbons (Fsp3) is 0. The molecule has 0 radical (unpaired) electrons. The summed E-state index contributed by atoms with van der Waals surface area (Å²) in [4.78, 5) is 12.0. The molecule has 2 aromatic rings. The van der Waals surface area contributed by atoms with Crippen LogP contribution in [0.4, 0.5) is 8.63 Å². The predicted molar refractivity (Wildman–Crippen MR) is 108 cm³/mol. The summed E-state index contributed by atoms with van der Waals surface area (Å²) in [6.07, 6.45) is 6.85. The fourth-order valence-electron chi connectivity index (χ4n) is 1.92. The van der Waals surface area contributed by atoms with Crippen LogP contribution in [-0.4, -0.2) is 13.3 Å². The lowest BCUT2D eigenvalue weighted by molar-refractivity contribution is -0.110. The number of allylic oxidation sites excluding steroid dienone is 3. The normalized spacial score (nSPS) is 11.9. The van der Waals surface area contributed by atoms with Gasteiger partial charge in [0.1, 0.15) is 5.76 Å². The van der Waals surface area contributed by atoms with Gasteiger partial charge in [-0.1, -0.05) is 68.3 Å². The molecule has 0 amide bonds. The number of ketones is 1. The molecule has 2 rings (SSSR count). The number of carbonyl (C=O) groups excluding carboxylic acids is 1. The summed E-state index contributed by atoms with van der Waals surface area (Å²) in [6.45, 7) is 0. The van der Waals surface area contributed by atoms with Crippen molar-refractivity contribution >= 4 is 57.3 Å². The topological polar surface area (TPSA) is 26.3 Å². The largest absolute Gasteiger partial charge is 0.796 e. The van der Waals surface area contributed by atoms with Crippen LogP contribution < -0.4 is 0 Å². The van der Waals surface area contributed by atoms with Gasteiger partial charge in [-0.25, -0.2) is 8.63 Å². The van der Waals surface area contributed by atoms with E-state index in [1.165, 1.54) is 12.2 Å². The Morgan fingerprint density at radius 2 is 1.31 bits per heavy atom. The Morgan fingerprint density at radius 1 is 0.846 bits per heavy atom. The van der Waals surface area contributed by atoms with Gasteiger partial charge in [0.15, 0.2) is 5.78 Å². The number of hydrogen-bond acceptors (Lipinski definition) is 2. The maximum absolute atomic E-state index is 12.6. The quantitative estimate of drug-likeness (QED) is 0.200. The van der Waals surface area contributed by atoms with Gasteiger partial charge in [0, 0.05) is 15.0 Å². The minimum absolute atomic E-state index is 0.214. The average molecular weight is 482 g/mol. The minimum atomic E-state index is -3.01. The van der Waals surface area contributed by atoms with Crippen molar-refractivity contribution in [1.82, 2.24) is 0 Å². The van der Waals surface area contributed by atoms with Crippen LogP contribution in [0, 0.1) is 0 Å². The summed E-state index contributed by atoms with van der Waals surface area (Å²) >= 11 is 6.64. The highest BCUT2D eigenvalue weighted by molar-refractivity contribution is 9.10. The number of benzene rings is 2. The van der Waals surface area contributed by atoms with Crippen molar-refractivity contribution in [2.24, 2.45) is 0 Å². The molecule has 0 aliphatic heterocycles. The Morgan fingerprint density at radius 3 is 1.77 bits per heavy atom. The molecule has 0 saturated carbocycles. The SMILES string of the molecule is O=C(/C=C(/C=C/c1ccc(Br)cc1)OB(F)F)/C=C/c1ccc(Br)cc1. The molecule has 0 unspecified atom stereocenters. The molecule has 0 aliphatic rings. The molecule has 26 heavy (non-hydrogen) atoms. The summed E-state index contributed by atoms with van der Waals surface area (Å²) in [5.41, 5.74) is 1.60. The third-order valence-corrected chi connectivity index (χ3v) is 4.19. The van der Waals surface area contributed by atoms with Gasteiger partial charge < -0.3 is 4.65 Å². The third kappa shape index (κ3) is 7.50. The summed E-state index contributed by atoms with van der Waals surface area (Å²) in [5.74, 6) is -0.669. The molecule has 0 atom stereocenters. The Balaban J connectivity index is 2.12. The Labute approximate surface area is 167 Å². The number of carbonyl (C=O) groups is 1.